The van der Waals surface area contributed by atoms with Crippen molar-refractivity contribution in [3.05, 3.63) is 29.8 Å². The molecular formula is C10H12N2O2. The Bertz CT molecular complexity index is 361. The smallest absolute Gasteiger partial charge is 0.238 e. The van der Waals surface area contributed by atoms with Crippen LogP contribution in [0.25, 0.3) is 0 Å². The molecule has 0 aliphatic rings. The number of ketones is 1. The summed E-state index contributed by atoms with van der Waals surface area (Å²) in [5, 5.41) is 2.57. The van der Waals surface area contributed by atoms with E-state index >= 15 is 0 Å². The summed E-state index contributed by atoms with van der Waals surface area (Å²) in [5.74, 6) is -0.306. The second-order valence-corrected chi connectivity index (χ2v) is 2.89. The summed E-state index contributed by atoms with van der Waals surface area (Å²) in [5.41, 5.74) is 6.30. The Balaban J connectivity index is 2.83. The van der Waals surface area contributed by atoms with Crippen molar-refractivity contribution in [2.24, 2.45) is 5.73 Å². The van der Waals surface area contributed by atoms with E-state index in [0.717, 1.165) is 0 Å². The molecule has 14 heavy (non-hydrogen) atoms. The normalized spacial score (nSPS) is 9.57. The minimum absolute atomic E-state index is 0.0335. The molecule has 0 aliphatic carbocycles. The topological polar surface area (TPSA) is 72.2 Å². The fourth-order valence-electron chi connectivity index (χ4n) is 1.03. The van der Waals surface area contributed by atoms with E-state index in [0.29, 0.717) is 11.3 Å². The summed E-state index contributed by atoms with van der Waals surface area (Å²) in [6.07, 6.45) is 0. The molecule has 1 rings (SSSR count). The van der Waals surface area contributed by atoms with Crippen molar-refractivity contribution in [1.82, 2.24) is 0 Å². The van der Waals surface area contributed by atoms with Gasteiger partial charge in [-0.15, -0.1) is 0 Å². The van der Waals surface area contributed by atoms with Crippen LogP contribution >= 0.6 is 0 Å². The van der Waals surface area contributed by atoms with Gasteiger partial charge in [-0.05, 0) is 19.1 Å². The van der Waals surface area contributed by atoms with E-state index < -0.39 is 0 Å². The van der Waals surface area contributed by atoms with Gasteiger partial charge in [0.05, 0.1) is 6.54 Å². The molecule has 4 heteroatoms. The van der Waals surface area contributed by atoms with Crippen molar-refractivity contribution in [2.45, 2.75) is 6.92 Å². The predicted molar refractivity (Wildman–Crippen MR) is 54.1 cm³/mol. The quantitative estimate of drug-likeness (QED) is 0.695. The van der Waals surface area contributed by atoms with Gasteiger partial charge in [-0.3, -0.25) is 9.59 Å². The Morgan fingerprint density at radius 2 is 2.14 bits per heavy atom. The third kappa shape index (κ3) is 2.67. The molecular weight excluding hydrogens is 180 g/mol. The van der Waals surface area contributed by atoms with Gasteiger partial charge in [-0.1, -0.05) is 12.1 Å². The number of carbonyl (C=O) groups is 2. The van der Waals surface area contributed by atoms with Crippen molar-refractivity contribution in [3.63, 3.8) is 0 Å². The van der Waals surface area contributed by atoms with Crippen molar-refractivity contribution >= 4 is 17.4 Å². The fourth-order valence-corrected chi connectivity index (χ4v) is 1.03. The van der Waals surface area contributed by atoms with Gasteiger partial charge in [-0.2, -0.15) is 0 Å². The maximum Gasteiger partial charge on any atom is 0.238 e. The van der Waals surface area contributed by atoms with E-state index in [1.165, 1.54) is 6.92 Å². The highest BCUT2D eigenvalue weighted by atomic mass is 16.1. The molecule has 74 valence electrons. The molecule has 0 spiro atoms. The molecule has 0 radical (unpaired) electrons. The number of benzene rings is 1. The Morgan fingerprint density at radius 1 is 1.43 bits per heavy atom. The molecule has 1 aromatic carbocycles. The minimum atomic E-state index is -0.272. The van der Waals surface area contributed by atoms with Crippen LogP contribution in [0.4, 0.5) is 5.69 Å². The van der Waals surface area contributed by atoms with Crippen LogP contribution < -0.4 is 11.1 Å². The zero-order valence-electron chi connectivity index (χ0n) is 7.91. The molecule has 0 atom stereocenters. The zero-order chi connectivity index (χ0) is 10.6. The van der Waals surface area contributed by atoms with Gasteiger partial charge < -0.3 is 11.1 Å². The minimum Gasteiger partial charge on any atom is -0.325 e. The number of hydrogen-bond donors (Lipinski definition) is 2. The van der Waals surface area contributed by atoms with Crippen molar-refractivity contribution in [1.29, 1.82) is 0 Å². The van der Waals surface area contributed by atoms with E-state index in [1.54, 1.807) is 24.3 Å². The van der Waals surface area contributed by atoms with E-state index in [1.807, 2.05) is 0 Å². The number of rotatable bonds is 3. The molecule has 1 aromatic rings. The number of carbonyl (C=O) groups excluding carboxylic acids is 2. The molecule has 4 nitrogen and oxygen atoms in total. The van der Waals surface area contributed by atoms with Crippen molar-refractivity contribution in [2.75, 3.05) is 11.9 Å². The van der Waals surface area contributed by atoms with Crippen molar-refractivity contribution < 1.29 is 9.59 Å². The van der Waals surface area contributed by atoms with Crippen LogP contribution in [0.2, 0.25) is 0 Å². The van der Waals surface area contributed by atoms with Gasteiger partial charge >= 0.3 is 0 Å². The van der Waals surface area contributed by atoms with Gasteiger partial charge in [-0.25, -0.2) is 0 Å². The Hall–Kier alpha value is -1.68. The number of Topliss-reactive ketones (excluding diaryl/α,β-unsaturated/α-hetero) is 1. The van der Waals surface area contributed by atoms with Crippen LogP contribution in [0.15, 0.2) is 24.3 Å². The Morgan fingerprint density at radius 3 is 2.71 bits per heavy atom. The molecule has 3 N–H and O–H groups in total. The number of anilines is 1. The molecule has 0 fully saturated rings. The summed E-state index contributed by atoms with van der Waals surface area (Å²) in [6, 6.07) is 6.74. The SMILES string of the molecule is CC(=O)c1cccc(NC(=O)CN)c1. The molecule has 1 amide bonds. The van der Waals surface area contributed by atoms with Crippen molar-refractivity contribution in [3.8, 4) is 0 Å². The third-order valence-electron chi connectivity index (χ3n) is 1.74. The molecule has 0 aromatic heterocycles. The van der Waals surface area contributed by atoms with Crippen LogP contribution in [0.1, 0.15) is 17.3 Å². The highest BCUT2D eigenvalue weighted by Crippen LogP contribution is 2.10. The summed E-state index contributed by atoms with van der Waals surface area (Å²) in [7, 11) is 0. The molecule has 0 saturated carbocycles. The average molecular weight is 192 g/mol. The predicted octanol–water partition coefficient (Wildman–Crippen LogP) is 0.786. The number of nitrogens with two attached hydrogens (primary N) is 1. The largest absolute Gasteiger partial charge is 0.325 e. The standard InChI is InChI=1S/C10H12N2O2/c1-7(13)8-3-2-4-9(5-8)12-10(14)6-11/h2-5H,6,11H2,1H3,(H,12,14). The van der Waals surface area contributed by atoms with Gasteiger partial charge in [0.25, 0.3) is 0 Å². The first-order chi connectivity index (χ1) is 6.63. The lowest BCUT2D eigenvalue weighted by Crippen LogP contribution is -2.21. The van der Waals surface area contributed by atoms with Crippen LogP contribution in [-0.2, 0) is 4.79 Å². The highest BCUT2D eigenvalue weighted by molar-refractivity contribution is 5.97. The van der Waals surface area contributed by atoms with E-state index in [9.17, 15) is 9.59 Å². The van der Waals surface area contributed by atoms with Gasteiger partial charge in [0, 0.05) is 11.3 Å². The summed E-state index contributed by atoms with van der Waals surface area (Å²) >= 11 is 0. The first kappa shape index (κ1) is 10.4. The van der Waals surface area contributed by atoms with E-state index in [4.69, 9.17) is 5.73 Å². The first-order valence-corrected chi connectivity index (χ1v) is 4.24. The average Bonchev–Trinajstić information content (AvgIpc) is 2.18. The number of nitrogens with one attached hydrogen (secondary N) is 1. The second-order valence-electron chi connectivity index (χ2n) is 2.89. The zero-order valence-corrected chi connectivity index (χ0v) is 7.91. The monoisotopic (exact) mass is 192 g/mol. The molecule has 0 unspecified atom stereocenters. The van der Waals surface area contributed by atoms with Crippen LogP contribution in [0.5, 0.6) is 0 Å². The summed E-state index contributed by atoms with van der Waals surface area (Å²) < 4.78 is 0. The summed E-state index contributed by atoms with van der Waals surface area (Å²) in [4.78, 5) is 22.0. The number of hydrogen-bond acceptors (Lipinski definition) is 3. The second kappa shape index (κ2) is 4.53. The lowest BCUT2D eigenvalue weighted by atomic mass is 10.1. The Kier molecular flexibility index (Phi) is 3.36. The van der Waals surface area contributed by atoms with E-state index in [-0.39, 0.29) is 18.2 Å². The molecule has 0 aliphatic heterocycles. The van der Waals surface area contributed by atoms with Gasteiger partial charge in [0.15, 0.2) is 5.78 Å². The third-order valence-corrected chi connectivity index (χ3v) is 1.74. The Labute approximate surface area is 82.1 Å². The molecule has 0 heterocycles. The first-order valence-electron chi connectivity index (χ1n) is 4.24. The van der Waals surface area contributed by atoms with Gasteiger partial charge in [0.2, 0.25) is 5.91 Å². The highest BCUT2D eigenvalue weighted by Gasteiger charge is 2.02. The lowest BCUT2D eigenvalue weighted by molar-refractivity contribution is -0.114. The maximum absolute atomic E-state index is 11.0. The maximum atomic E-state index is 11.0. The lowest BCUT2D eigenvalue weighted by Gasteiger charge is -2.04. The molecule has 0 bridgehead atoms. The van der Waals surface area contributed by atoms with Crippen LogP contribution in [0.3, 0.4) is 0 Å². The van der Waals surface area contributed by atoms with Crippen LogP contribution in [-0.4, -0.2) is 18.2 Å². The van der Waals surface area contributed by atoms with E-state index in [2.05, 4.69) is 5.32 Å². The van der Waals surface area contributed by atoms with Crippen LogP contribution in [0, 0.1) is 0 Å². The number of amides is 1. The fraction of sp³-hybridized carbons (Fsp3) is 0.200. The molecule has 0 saturated heterocycles. The summed E-state index contributed by atoms with van der Waals surface area (Å²) in [6.45, 7) is 1.41. The van der Waals surface area contributed by atoms with Gasteiger partial charge in [0.1, 0.15) is 0 Å².